The molecule has 5 aromatic carbocycles. The summed E-state index contributed by atoms with van der Waals surface area (Å²) in [5.41, 5.74) is 4.50. The third-order valence-electron chi connectivity index (χ3n) is 9.05. The minimum absolute atomic E-state index is 0.122. The first-order chi connectivity index (χ1) is 27.9. The quantitative estimate of drug-likeness (QED) is 0.132. The number of hydrogen-bond donors (Lipinski definition) is 2. The second-order valence-electron chi connectivity index (χ2n) is 12.8. The number of esters is 1. The van der Waals surface area contributed by atoms with Gasteiger partial charge in [0, 0.05) is 0 Å². The summed E-state index contributed by atoms with van der Waals surface area (Å²) in [5, 5.41) is 6.40. The Morgan fingerprint density at radius 3 is 1.88 bits per heavy atom. The normalized spacial score (nSPS) is 12.6. The summed E-state index contributed by atoms with van der Waals surface area (Å²) in [5.74, 6) is -1.44. The van der Waals surface area contributed by atoms with Gasteiger partial charge in [-0.3, -0.25) is 23.7 Å². The van der Waals surface area contributed by atoms with Crippen LogP contribution >= 0.6 is 23.2 Å². The van der Waals surface area contributed by atoms with Crippen LogP contribution in [0.4, 0.5) is 11.4 Å². The number of fused-ring (bicyclic) bond motifs is 6. The highest BCUT2D eigenvalue weighted by Crippen LogP contribution is 2.32. The smallest absolute Gasteiger partial charge is 0.346 e. The first kappa shape index (κ1) is 42.7. The molecule has 1 amide bonds. The van der Waals surface area contributed by atoms with Gasteiger partial charge >= 0.3 is 5.97 Å². The molecule has 1 aromatic heterocycles. The number of aryl methyl sites for hydroxylation is 1. The minimum Gasteiger partial charge on any atom is -0.407 e. The van der Waals surface area contributed by atoms with E-state index < -0.39 is 11.7 Å². The van der Waals surface area contributed by atoms with Crippen molar-refractivity contribution in [3.63, 3.8) is 0 Å². The van der Waals surface area contributed by atoms with Crippen LogP contribution in [0.1, 0.15) is 63.2 Å². The van der Waals surface area contributed by atoms with Crippen molar-refractivity contribution in [2.75, 3.05) is 30.3 Å². The number of amides is 1. The number of Topliss-reactive ketones (excluding diaryl/α,β-unsaturated/α-hetero) is 1. The zero-order chi connectivity index (χ0) is 41.9. The summed E-state index contributed by atoms with van der Waals surface area (Å²) in [7, 11) is 0. The van der Waals surface area contributed by atoms with Crippen LogP contribution in [0.15, 0.2) is 133 Å². The molecule has 6 aromatic rings. The Labute approximate surface area is 345 Å². The van der Waals surface area contributed by atoms with Crippen molar-refractivity contribution in [2.24, 2.45) is 0 Å². The van der Waals surface area contributed by atoms with Crippen molar-refractivity contribution in [1.82, 2.24) is 14.5 Å². The SMILES string of the molecule is C=C1Nc2ccccc2C(=O)O1.CCN(CC)CC.Cc1ccccc1.O=C1Nc2cccc(Cl)c2C1=O.O=C1c2c(Cl)cccc2-n2c1nc1ccccc1c2=O. The van der Waals surface area contributed by atoms with Crippen molar-refractivity contribution in [3.05, 3.63) is 176 Å². The molecule has 0 spiro atoms. The lowest BCUT2D eigenvalue weighted by molar-refractivity contribution is -0.112. The summed E-state index contributed by atoms with van der Waals surface area (Å²) in [6, 6.07) is 34.3. The molecule has 3 aliphatic heterocycles. The Morgan fingerprint density at radius 2 is 1.26 bits per heavy atom. The van der Waals surface area contributed by atoms with Crippen molar-refractivity contribution in [2.45, 2.75) is 27.7 Å². The van der Waals surface area contributed by atoms with E-state index in [2.05, 4.69) is 66.9 Å². The van der Waals surface area contributed by atoms with E-state index in [-0.39, 0.29) is 34.6 Å². The van der Waals surface area contributed by atoms with Gasteiger partial charge in [0.15, 0.2) is 11.7 Å². The molecule has 11 nitrogen and oxygen atoms in total. The van der Waals surface area contributed by atoms with E-state index in [9.17, 15) is 24.0 Å². The Balaban J connectivity index is 0.000000147. The van der Waals surface area contributed by atoms with Gasteiger partial charge in [0.05, 0.1) is 54.7 Å². The van der Waals surface area contributed by atoms with E-state index in [1.165, 1.54) is 29.8 Å². The number of hydrogen-bond acceptors (Lipinski definition) is 9. The van der Waals surface area contributed by atoms with Crippen molar-refractivity contribution in [3.8, 4) is 5.69 Å². The van der Waals surface area contributed by atoms with Crippen LogP contribution in [0, 0.1) is 6.92 Å². The predicted octanol–water partition coefficient (Wildman–Crippen LogP) is 9.14. The molecule has 0 fully saturated rings. The number of benzene rings is 5. The Bertz CT molecular complexity index is 2560. The van der Waals surface area contributed by atoms with Crippen molar-refractivity contribution in [1.29, 1.82) is 0 Å². The Hall–Kier alpha value is -6.40. The molecule has 3 aliphatic rings. The van der Waals surface area contributed by atoms with Crippen LogP contribution in [0.2, 0.25) is 10.0 Å². The highest BCUT2D eigenvalue weighted by atomic mass is 35.5. The molecule has 0 saturated heterocycles. The predicted molar refractivity (Wildman–Crippen MR) is 229 cm³/mol. The highest BCUT2D eigenvalue weighted by Gasteiger charge is 2.32. The van der Waals surface area contributed by atoms with Gasteiger partial charge in [-0.2, -0.15) is 0 Å². The number of cyclic esters (lactones) is 1. The summed E-state index contributed by atoms with van der Waals surface area (Å²) < 4.78 is 6.11. The van der Waals surface area contributed by atoms with Crippen LogP contribution in [0.25, 0.3) is 16.6 Å². The van der Waals surface area contributed by atoms with Crippen LogP contribution < -0.4 is 16.2 Å². The van der Waals surface area contributed by atoms with Gasteiger partial charge in [-0.05, 0) is 81.7 Å². The third-order valence-corrected chi connectivity index (χ3v) is 9.68. The Morgan fingerprint density at radius 1 is 0.672 bits per heavy atom. The number of rotatable bonds is 3. The monoisotopic (exact) mass is 817 g/mol. The van der Waals surface area contributed by atoms with Crippen LogP contribution in [0.5, 0.6) is 0 Å². The summed E-state index contributed by atoms with van der Waals surface area (Å²) in [6.07, 6.45) is 0. The zero-order valence-corrected chi connectivity index (χ0v) is 33.9. The maximum Gasteiger partial charge on any atom is 0.346 e. The fraction of sp³-hybridized carbons (Fsp3) is 0.156. The first-order valence-electron chi connectivity index (χ1n) is 18.4. The largest absolute Gasteiger partial charge is 0.407 e. The molecule has 296 valence electrons. The van der Waals surface area contributed by atoms with Gasteiger partial charge < -0.3 is 20.3 Å². The number of carbonyl (C=O) groups excluding carboxylic acids is 4. The molecular formula is C45H41Cl2N5O6. The number of nitrogens with one attached hydrogen (secondary N) is 2. The lowest BCUT2D eigenvalue weighted by Gasteiger charge is -2.18. The molecule has 0 radical (unpaired) electrons. The zero-order valence-electron chi connectivity index (χ0n) is 32.3. The maximum absolute atomic E-state index is 12.6. The number of ether oxygens (including phenoxy) is 1. The fourth-order valence-corrected chi connectivity index (χ4v) is 6.53. The maximum atomic E-state index is 12.6. The van der Waals surface area contributed by atoms with Gasteiger partial charge in [0.25, 0.3) is 17.2 Å². The van der Waals surface area contributed by atoms with Gasteiger partial charge in [-0.15, -0.1) is 0 Å². The van der Waals surface area contributed by atoms with Gasteiger partial charge in [-0.25, -0.2) is 9.78 Å². The van der Waals surface area contributed by atoms with Gasteiger partial charge in [0.2, 0.25) is 5.78 Å². The van der Waals surface area contributed by atoms with Crippen LogP contribution in [-0.4, -0.2) is 57.5 Å². The second kappa shape index (κ2) is 19.6. The Kier molecular flexibility index (Phi) is 14.5. The number of anilines is 2. The van der Waals surface area contributed by atoms with E-state index in [0.717, 1.165) is 5.69 Å². The van der Waals surface area contributed by atoms with Gasteiger partial charge in [-0.1, -0.05) is 116 Å². The topological polar surface area (TPSA) is 140 Å². The molecule has 58 heavy (non-hydrogen) atoms. The molecule has 13 heteroatoms. The van der Waals surface area contributed by atoms with Crippen LogP contribution in [-0.2, 0) is 9.53 Å². The molecule has 0 unspecified atom stereocenters. The van der Waals surface area contributed by atoms with E-state index in [0.29, 0.717) is 43.4 Å². The molecular weight excluding hydrogens is 777 g/mol. The molecule has 0 saturated carbocycles. The van der Waals surface area contributed by atoms with Crippen molar-refractivity contribution < 1.29 is 23.9 Å². The van der Waals surface area contributed by atoms with E-state index >= 15 is 0 Å². The number of halogens is 2. The van der Waals surface area contributed by atoms with Crippen LogP contribution in [0.3, 0.4) is 0 Å². The fourth-order valence-electron chi connectivity index (χ4n) is 6.01. The molecule has 0 aliphatic carbocycles. The number of nitrogens with zero attached hydrogens (tertiary/aromatic N) is 3. The number of para-hydroxylation sites is 2. The molecule has 4 heterocycles. The standard InChI is InChI=1S/C15H7ClN2O2.C9H7NO2.C8H4ClNO2.C7H8.C6H15N/c16-9-5-3-7-11-12(9)13(19)14-17-10-6-2-1-4-8(10)15(20)18(11)14;1-6-10-8-5-3-2-4-7(8)9(11)12-6;9-4-2-1-3-5-6(4)7(11)8(12)10-5;1-7-5-3-2-4-6-7;1-4-7(5-2)6-3/h1-7H;2-5,10H,1H2;1-3H,(H,10,11,12);2-6H,1H3;4-6H2,1-3H3. The first-order valence-corrected chi connectivity index (χ1v) is 19.2. The highest BCUT2D eigenvalue weighted by molar-refractivity contribution is 6.54. The third kappa shape index (κ3) is 9.75. The van der Waals surface area contributed by atoms with Gasteiger partial charge in [0.1, 0.15) is 0 Å². The van der Waals surface area contributed by atoms with Crippen molar-refractivity contribution >= 4 is 68.9 Å². The average molecular weight is 819 g/mol. The van der Waals surface area contributed by atoms with E-state index in [1.807, 2.05) is 24.3 Å². The van der Waals surface area contributed by atoms with E-state index in [1.54, 1.807) is 78.9 Å². The second-order valence-corrected chi connectivity index (χ2v) is 13.6. The summed E-state index contributed by atoms with van der Waals surface area (Å²) in [4.78, 5) is 64.8. The lowest BCUT2D eigenvalue weighted by Crippen LogP contribution is -2.21. The number of ketones is 2. The average Bonchev–Trinajstić information content (AvgIpc) is 3.69. The molecule has 9 rings (SSSR count). The minimum atomic E-state index is -0.613. The number of carbonyl (C=O) groups is 4. The summed E-state index contributed by atoms with van der Waals surface area (Å²) >= 11 is 11.8. The number of aromatic nitrogens is 2. The molecule has 2 N–H and O–H groups in total. The lowest BCUT2D eigenvalue weighted by atomic mass is 10.1. The summed E-state index contributed by atoms with van der Waals surface area (Å²) in [6.45, 7) is 15.7. The molecule has 0 bridgehead atoms. The van der Waals surface area contributed by atoms with E-state index in [4.69, 9.17) is 27.9 Å². The molecule has 0 atom stereocenters.